The van der Waals surface area contributed by atoms with Crippen molar-refractivity contribution in [1.82, 2.24) is 20.1 Å². The summed E-state index contributed by atoms with van der Waals surface area (Å²) >= 11 is 0. The number of aromatic nitrogens is 3. The first-order chi connectivity index (χ1) is 17.6. The van der Waals surface area contributed by atoms with Gasteiger partial charge in [0.05, 0.1) is 0 Å². The lowest BCUT2D eigenvalue weighted by molar-refractivity contribution is 0.0995. The van der Waals surface area contributed by atoms with Crippen LogP contribution in [0.2, 0.25) is 0 Å². The van der Waals surface area contributed by atoms with Crippen LogP contribution in [0.4, 0.5) is 17.5 Å². The van der Waals surface area contributed by atoms with Gasteiger partial charge in [-0.3, -0.25) is 4.79 Å². The largest absolute Gasteiger partial charge is 0.375 e. The van der Waals surface area contributed by atoms with Gasteiger partial charge in [0.2, 0.25) is 5.95 Å². The minimum absolute atomic E-state index is 0.00107. The average Bonchev–Trinajstić information content (AvgIpc) is 2.83. The van der Waals surface area contributed by atoms with Gasteiger partial charge in [0, 0.05) is 36.6 Å². The second kappa shape index (κ2) is 11.0. The summed E-state index contributed by atoms with van der Waals surface area (Å²) in [7, 11) is 2.16. The van der Waals surface area contributed by atoms with Crippen molar-refractivity contribution < 1.29 is 4.79 Å². The number of amides is 1. The number of carbonyl (C=O) groups excluding carboxylic acids is 1. The van der Waals surface area contributed by atoms with Crippen molar-refractivity contribution in [3.05, 3.63) is 33.8 Å². The van der Waals surface area contributed by atoms with Crippen molar-refractivity contribution in [1.29, 1.82) is 0 Å². The summed E-state index contributed by atoms with van der Waals surface area (Å²) in [6.07, 6.45) is 11.0. The lowest BCUT2D eigenvalue weighted by Gasteiger charge is -2.45. The third-order valence-electron chi connectivity index (χ3n) is 8.25. The topological polar surface area (TPSA) is 135 Å². The molecule has 0 saturated heterocycles. The Bertz CT molecular complexity index is 1270. The van der Waals surface area contributed by atoms with Crippen LogP contribution in [0.1, 0.15) is 88.2 Å². The molecule has 1 aromatic carbocycles. The third kappa shape index (κ3) is 5.87. The van der Waals surface area contributed by atoms with E-state index in [2.05, 4.69) is 83.8 Å². The molecule has 1 aromatic heterocycles. The molecule has 2 aliphatic rings. The molecule has 2 aromatic rings. The number of nitrogens with zero attached hydrogens (tertiary/aromatic N) is 4. The van der Waals surface area contributed by atoms with E-state index in [9.17, 15) is 4.79 Å². The Morgan fingerprint density at radius 1 is 1.22 bits per heavy atom. The van der Waals surface area contributed by atoms with E-state index in [4.69, 9.17) is 11.5 Å². The van der Waals surface area contributed by atoms with Crippen LogP contribution in [0, 0.1) is 6.92 Å². The highest BCUT2D eigenvalue weighted by Crippen LogP contribution is 2.36. The van der Waals surface area contributed by atoms with Crippen LogP contribution in [-0.4, -0.2) is 50.7 Å². The van der Waals surface area contributed by atoms with Gasteiger partial charge in [-0.15, -0.1) is 10.2 Å². The molecule has 200 valence electrons. The van der Waals surface area contributed by atoms with E-state index in [0.29, 0.717) is 5.95 Å². The van der Waals surface area contributed by atoms with E-state index in [0.717, 1.165) is 48.6 Å². The smallest absolute Gasteiger partial charge is 0.273 e. The number of nitrogens with two attached hydrogens (primary N) is 2. The number of hydrogen-bond acceptors (Lipinski definition) is 8. The normalized spacial score (nSPS) is 22.2. The summed E-state index contributed by atoms with van der Waals surface area (Å²) in [6.45, 7) is 8.80. The van der Waals surface area contributed by atoms with Gasteiger partial charge in [0.1, 0.15) is 0 Å². The van der Waals surface area contributed by atoms with Gasteiger partial charge in [0.25, 0.3) is 5.91 Å². The van der Waals surface area contributed by atoms with Gasteiger partial charge in [-0.25, -0.2) is 0 Å². The summed E-state index contributed by atoms with van der Waals surface area (Å²) in [5.41, 5.74) is 15.4. The number of carbonyl (C=O) groups is 1. The molecule has 2 aliphatic carbocycles. The van der Waals surface area contributed by atoms with Crippen molar-refractivity contribution in [3.63, 3.8) is 0 Å². The second-order valence-corrected chi connectivity index (χ2v) is 11.0. The van der Waals surface area contributed by atoms with Gasteiger partial charge in [-0.05, 0) is 87.4 Å². The minimum atomic E-state index is -0.684. The predicted molar refractivity (Wildman–Crippen MR) is 150 cm³/mol. The molecular formula is C28H42N8O. The highest BCUT2D eigenvalue weighted by atomic mass is 16.1. The molecule has 9 nitrogen and oxygen atoms in total. The zero-order valence-corrected chi connectivity index (χ0v) is 22.9. The highest BCUT2D eigenvalue weighted by Gasteiger charge is 2.34. The van der Waals surface area contributed by atoms with E-state index < -0.39 is 5.91 Å². The number of nitrogens with one attached hydrogen (secondary N) is 2. The maximum atomic E-state index is 12.2. The van der Waals surface area contributed by atoms with E-state index in [1.165, 1.54) is 30.1 Å². The molecule has 2 fully saturated rings. The Morgan fingerprint density at radius 2 is 1.95 bits per heavy atom. The summed E-state index contributed by atoms with van der Waals surface area (Å²) < 4.78 is 0. The SMILES string of the molecule is CCC(C)=c1c(C)cc(Nc2nc(N[C@@H]3CCCC[C@@H]3N)nnc2C(N)=O)c/c1=C/N(C)C1(C)CCC1. The summed E-state index contributed by atoms with van der Waals surface area (Å²) in [6, 6.07) is 4.29. The third-order valence-corrected chi connectivity index (χ3v) is 8.25. The summed E-state index contributed by atoms with van der Waals surface area (Å²) in [4.78, 5) is 19.1. The van der Waals surface area contributed by atoms with Gasteiger partial charge in [0.15, 0.2) is 11.5 Å². The zero-order valence-electron chi connectivity index (χ0n) is 22.9. The van der Waals surface area contributed by atoms with E-state index in [1.807, 2.05) is 0 Å². The van der Waals surface area contributed by atoms with Crippen molar-refractivity contribution in [2.24, 2.45) is 11.5 Å². The predicted octanol–water partition coefficient (Wildman–Crippen LogP) is 2.90. The van der Waals surface area contributed by atoms with Crippen LogP contribution in [-0.2, 0) is 0 Å². The van der Waals surface area contributed by atoms with Crippen LogP contribution in [0.3, 0.4) is 0 Å². The Balaban J connectivity index is 1.73. The fourth-order valence-corrected chi connectivity index (χ4v) is 5.44. The number of benzene rings is 1. The molecule has 9 heteroatoms. The Labute approximate surface area is 219 Å². The number of rotatable bonds is 8. The van der Waals surface area contributed by atoms with Crippen molar-refractivity contribution in [2.45, 2.75) is 96.7 Å². The first kappa shape index (κ1) is 26.9. The monoisotopic (exact) mass is 506 g/mol. The molecule has 0 aliphatic heterocycles. The standard InChI is InChI=1S/C28H42N8O/c1-6-17(2)23-18(3)14-20(15-19(23)16-36(5)28(4)12-9-13-28)31-26-24(25(30)37)34-35-27(33-26)32-22-11-8-7-10-21(22)29/h14-16,21-22H,6-13,29H2,1-5H3,(H2,30,37)(H2,31,32,33,35)/b19-16-,23-17?/t21-,22+/m0/s1. The molecule has 37 heavy (non-hydrogen) atoms. The van der Waals surface area contributed by atoms with Gasteiger partial charge >= 0.3 is 0 Å². The highest BCUT2D eigenvalue weighted by molar-refractivity contribution is 5.96. The molecule has 0 unspecified atom stereocenters. The maximum Gasteiger partial charge on any atom is 0.273 e. The van der Waals surface area contributed by atoms with Crippen molar-refractivity contribution in [3.8, 4) is 0 Å². The fraction of sp³-hybridized carbons (Fsp3) is 0.571. The quantitative estimate of drug-likeness (QED) is 0.429. The molecule has 6 N–H and O–H groups in total. The molecular weight excluding hydrogens is 464 g/mol. The van der Waals surface area contributed by atoms with Crippen molar-refractivity contribution >= 4 is 35.1 Å². The molecule has 4 rings (SSSR count). The molecule has 0 radical (unpaired) electrons. The number of primary amides is 1. The van der Waals surface area contributed by atoms with Gasteiger partial charge in [-0.2, -0.15) is 4.98 Å². The molecule has 1 amide bonds. The van der Waals surface area contributed by atoms with Crippen LogP contribution in [0.5, 0.6) is 0 Å². The maximum absolute atomic E-state index is 12.2. The molecule has 2 atom stereocenters. The zero-order chi connectivity index (χ0) is 26.7. The Morgan fingerprint density at radius 3 is 2.57 bits per heavy atom. The van der Waals surface area contributed by atoms with Crippen LogP contribution in [0.15, 0.2) is 12.1 Å². The molecule has 1 heterocycles. The second-order valence-electron chi connectivity index (χ2n) is 11.0. The average molecular weight is 507 g/mol. The Hall–Kier alpha value is -3.20. The van der Waals surface area contributed by atoms with E-state index >= 15 is 0 Å². The van der Waals surface area contributed by atoms with Crippen LogP contribution >= 0.6 is 0 Å². The van der Waals surface area contributed by atoms with Gasteiger partial charge < -0.3 is 27.0 Å². The molecule has 2 saturated carbocycles. The number of anilines is 3. The summed E-state index contributed by atoms with van der Waals surface area (Å²) in [5.74, 6) is -0.0675. The van der Waals surface area contributed by atoms with Crippen LogP contribution < -0.4 is 32.5 Å². The number of aryl methyl sites for hydroxylation is 1. The Kier molecular flexibility index (Phi) is 8.02. The van der Waals surface area contributed by atoms with E-state index in [-0.39, 0.29) is 29.1 Å². The van der Waals surface area contributed by atoms with Crippen molar-refractivity contribution in [2.75, 3.05) is 17.7 Å². The first-order valence-electron chi connectivity index (χ1n) is 13.5. The lowest BCUT2D eigenvalue weighted by atomic mass is 9.77. The van der Waals surface area contributed by atoms with E-state index in [1.54, 1.807) is 0 Å². The fourth-order valence-electron chi connectivity index (χ4n) is 5.44. The first-order valence-corrected chi connectivity index (χ1v) is 13.5. The molecule has 0 bridgehead atoms. The van der Waals surface area contributed by atoms with Crippen LogP contribution in [0.25, 0.3) is 11.8 Å². The summed E-state index contributed by atoms with van der Waals surface area (Å²) in [5, 5.41) is 17.2. The van der Waals surface area contributed by atoms with Gasteiger partial charge in [-0.1, -0.05) is 25.3 Å². The lowest BCUT2D eigenvalue weighted by Crippen LogP contribution is -2.48. The minimum Gasteiger partial charge on any atom is -0.375 e. The number of hydrogen-bond donors (Lipinski definition) is 4. The molecule has 0 spiro atoms.